The number of rotatable bonds is 6. The molecule has 2 N–H and O–H groups in total. The van der Waals surface area contributed by atoms with Gasteiger partial charge in [0.2, 0.25) is 0 Å². The molecule has 0 aliphatic rings. The van der Waals surface area contributed by atoms with Crippen LogP contribution in [-0.4, -0.2) is 22.6 Å². The molecule has 1 amide bonds. The summed E-state index contributed by atoms with van der Waals surface area (Å²) in [7, 11) is 0. The maximum atomic E-state index is 12.3. The predicted molar refractivity (Wildman–Crippen MR) is 110 cm³/mol. The van der Waals surface area contributed by atoms with Crippen molar-refractivity contribution in [2.75, 3.05) is 5.32 Å². The molecule has 7 heteroatoms. The van der Waals surface area contributed by atoms with E-state index in [1.807, 2.05) is 42.5 Å². The van der Waals surface area contributed by atoms with Crippen LogP contribution >= 0.6 is 0 Å². The second-order valence-electron chi connectivity index (χ2n) is 6.41. The lowest BCUT2D eigenvalue weighted by atomic mass is 10.1. The van der Waals surface area contributed by atoms with Crippen LogP contribution < -0.4 is 10.7 Å². The number of hydrogen-bond donors (Lipinski definition) is 2. The molecule has 7 nitrogen and oxygen atoms in total. The Balaban J connectivity index is 1.62. The number of nitro benzene ring substituents is 1. The first kappa shape index (κ1) is 19.0. The van der Waals surface area contributed by atoms with E-state index in [1.165, 1.54) is 12.1 Å². The van der Waals surface area contributed by atoms with Gasteiger partial charge in [-0.2, -0.15) is 5.10 Å². The van der Waals surface area contributed by atoms with Crippen molar-refractivity contribution in [1.82, 2.24) is 5.43 Å². The van der Waals surface area contributed by atoms with E-state index in [1.54, 1.807) is 26.0 Å². The molecule has 0 saturated heterocycles. The summed E-state index contributed by atoms with van der Waals surface area (Å²) >= 11 is 0. The van der Waals surface area contributed by atoms with E-state index in [9.17, 15) is 14.9 Å². The first-order chi connectivity index (χ1) is 13.4. The van der Waals surface area contributed by atoms with Gasteiger partial charge in [-0.25, -0.2) is 5.43 Å². The van der Waals surface area contributed by atoms with Crippen LogP contribution in [0.4, 0.5) is 11.4 Å². The predicted octanol–water partition coefficient (Wildman–Crippen LogP) is 4.09. The SMILES string of the molecule is C/C(=N/NC(=O)C(C)Nc1ccc2ccccc2c1)c1ccc([N+](=O)[O-])cc1. The molecular formula is C21H20N4O3. The van der Waals surface area contributed by atoms with Crippen LogP contribution in [0.3, 0.4) is 0 Å². The van der Waals surface area contributed by atoms with Gasteiger partial charge < -0.3 is 5.32 Å². The van der Waals surface area contributed by atoms with Crippen LogP contribution in [0.5, 0.6) is 0 Å². The van der Waals surface area contributed by atoms with Crippen molar-refractivity contribution in [3.05, 3.63) is 82.4 Å². The first-order valence-electron chi connectivity index (χ1n) is 8.78. The highest BCUT2D eigenvalue weighted by atomic mass is 16.6. The minimum Gasteiger partial charge on any atom is -0.374 e. The van der Waals surface area contributed by atoms with Gasteiger partial charge in [0.25, 0.3) is 11.6 Å². The third-order valence-corrected chi connectivity index (χ3v) is 4.36. The van der Waals surface area contributed by atoms with E-state index >= 15 is 0 Å². The highest BCUT2D eigenvalue weighted by Crippen LogP contribution is 2.19. The number of hydrazone groups is 1. The first-order valence-corrected chi connectivity index (χ1v) is 8.78. The zero-order valence-corrected chi connectivity index (χ0v) is 15.5. The zero-order valence-electron chi connectivity index (χ0n) is 15.5. The number of non-ortho nitro benzene ring substituents is 1. The van der Waals surface area contributed by atoms with E-state index in [0.29, 0.717) is 11.3 Å². The maximum absolute atomic E-state index is 12.3. The summed E-state index contributed by atoms with van der Waals surface area (Å²) < 4.78 is 0. The van der Waals surface area contributed by atoms with Crippen molar-refractivity contribution in [2.24, 2.45) is 5.10 Å². The Kier molecular flexibility index (Phi) is 5.64. The van der Waals surface area contributed by atoms with Gasteiger partial charge in [-0.1, -0.05) is 30.3 Å². The minimum absolute atomic E-state index is 0.00814. The number of nitrogens with zero attached hydrogens (tertiary/aromatic N) is 2. The molecule has 0 bridgehead atoms. The third-order valence-electron chi connectivity index (χ3n) is 4.36. The normalized spacial score (nSPS) is 12.4. The van der Waals surface area contributed by atoms with Crippen LogP contribution in [0, 0.1) is 10.1 Å². The molecule has 1 unspecified atom stereocenters. The Morgan fingerprint density at radius 2 is 1.71 bits per heavy atom. The Bertz CT molecular complexity index is 1040. The molecule has 0 saturated carbocycles. The fraction of sp³-hybridized carbons (Fsp3) is 0.143. The lowest BCUT2D eigenvalue weighted by Crippen LogP contribution is -2.35. The second kappa shape index (κ2) is 8.30. The molecule has 0 aliphatic carbocycles. The summed E-state index contributed by atoms with van der Waals surface area (Å²) in [5, 5.41) is 20.2. The average Bonchev–Trinajstić information content (AvgIpc) is 2.71. The van der Waals surface area contributed by atoms with Crippen molar-refractivity contribution in [1.29, 1.82) is 0 Å². The van der Waals surface area contributed by atoms with Gasteiger partial charge in [-0.05, 0) is 54.4 Å². The highest BCUT2D eigenvalue weighted by Gasteiger charge is 2.12. The average molecular weight is 376 g/mol. The van der Waals surface area contributed by atoms with E-state index in [0.717, 1.165) is 16.5 Å². The van der Waals surface area contributed by atoms with E-state index in [4.69, 9.17) is 0 Å². The minimum atomic E-state index is -0.491. The number of nitrogens with one attached hydrogen (secondary N) is 2. The molecule has 142 valence electrons. The van der Waals surface area contributed by atoms with Crippen molar-refractivity contribution in [2.45, 2.75) is 19.9 Å². The Labute approximate surface area is 162 Å². The van der Waals surface area contributed by atoms with Gasteiger partial charge in [0.05, 0.1) is 10.6 Å². The molecule has 3 aromatic rings. The number of hydrogen-bond acceptors (Lipinski definition) is 5. The summed E-state index contributed by atoms with van der Waals surface area (Å²) in [5.74, 6) is -0.283. The molecule has 3 aromatic carbocycles. The maximum Gasteiger partial charge on any atom is 0.269 e. The molecule has 0 aliphatic heterocycles. The number of benzene rings is 3. The zero-order chi connectivity index (χ0) is 20.1. The van der Waals surface area contributed by atoms with Crippen molar-refractivity contribution in [3.8, 4) is 0 Å². The lowest BCUT2D eigenvalue weighted by molar-refractivity contribution is -0.384. The number of amides is 1. The summed E-state index contributed by atoms with van der Waals surface area (Å²) in [6.07, 6.45) is 0. The fourth-order valence-electron chi connectivity index (χ4n) is 2.72. The van der Waals surface area contributed by atoms with Crippen LogP contribution in [0.25, 0.3) is 10.8 Å². The van der Waals surface area contributed by atoms with E-state index in [-0.39, 0.29) is 11.6 Å². The Morgan fingerprint density at radius 1 is 1.04 bits per heavy atom. The van der Waals surface area contributed by atoms with E-state index in [2.05, 4.69) is 15.8 Å². The Hall–Kier alpha value is -3.74. The monoisotopic (exact) mass is 376 g/mol. The largest absolute Gasteiger partial charge is 0.374 e. The van der Waals surface area contributed by atoms with Gasteiger partial charge in [-0.15, -0.1) is 0 Å². The number of carbonyl (C=O) groups excluding carboxylic acids is 1. The fourth-order valence-corrected chi connectivity index (χ4v) is 2.72. The number of carbonyl (C=O) groups is 1. The highest BCUT2D eigenvalue weighted by molar-refractivity contribution is 5.99. The molecular weight excluding hydrogens is 356 g/mol. The molecule has 0 radical (unpaired) electrons. The lowest BCUT2D eigenvalue weighted by Gasteiger charge is -2.14. The van der Waals surface area contributed by atoms with Crippen LogP contribution in [0.2, 0.25) is 0 Å². The molecule has 0 aromatic heterocycles. The smallest absolute Gasteiger partial charge is 0.269 e. The molecule has 3 rings (SSSR count). The van der Waals surface area contributed by atoms with Crippen LogP contribution in [0.15, 0.2) is 71.8 Å². The number of anilines is 1. The number of nitro groups is 1. The van der Waals surface area contributed by atoms with Crippen molar-refractivity contribution >= 4 is 33.8 Å². The van der Waals surface area contributed by atoms with Crippen LogP contribution in [0.1, 0.15) is 19.4 Å². The topological polar surface area (TPSA) is 96.6 Å². The van der Waals surface area contributed by atoms with E-state index < -0.39 is 11.0 Å². The summed E-state index contributed by atoms with van der Waals surface area (Å²) in [5.41, 5.74) is 4.63. The summed E-state index contributed by atoms with van der Waals surface area (Å²) in [6.45, 7) is 3.48. The van der Waals surface area contributed by atoms with Gasteiger partial charge in [0.15, 0.2) is 0 Å². The van der Waals surface area contributed by atoms with Crippen molar-refractivity contribution in [3.63, 3.8) is 0 Å². The second-order valence-corrected chi connectivity index (χ2v) is 6.41. The van der Waals surface area contributed by atoms with Gasteiger partial charge in [-0.3, -0.25) is 14.9 Å². The Morgan fingerprint density at radius 3 is 2.39 bits per heavy atom. The standard InChI is InChI=1S/C21H20N4O3/c1-14(16-8-11-20(12-9-16)25(27)28)23-24-21(26)15(2)22-19-10-7-17-5-3-4-6-18(17)13-19/h3-13,15,22H,1-2H3,(H,24,26)/b23-14-. The molecule has 1 atom stereocenters. The third kappa shape index (κ3) is 4.50. The van der Waals surface area contributed by atoms with Crippen molar-refractivity contribution < 1.29 is 9.72 Å². The molecule has 28 heavy (non-hydrogen) atoms. The summed E-state index contributed by atoms with van der Waals surface area (Å²) in [4.78, 5) is 22.6. The van der Waals surface area contributed by atoms with Gasteiger partial charge in [0.1, 0.15) is 6.04 Å². The molecule has 0 fully saturated rings. The quantitative estimate of drug-likeness (QED) is 0.385. The molecule has 0 heterocycles. The van der Waals surface area contributed by atoms with Crippen LogP contribution in [-0.2, 0) is 4.79 Å². The summed E-state index contributed by atoms with van der Waals surface area (Å²) in [6, 6.07) is 19.4. The number of fused-ring (bicyclic) bond motifs is 1. The van der Waals surface area contributed by atoms with Gasteiger partial charge >= 0.3 is 0 Å². The van der Waals surface area contributed by atoms with Gasteiger partial charge in [0, 0.05) is 17.8 Å². The molecule has 0 spiro atoms.